The maximum absolute atomic E-state index is 9.13. The molecule has 0 aromatic carbocycles. The third-order valence-electron chi connectivity index (χ3n) is 1.87. The van der Waals surface area contributed by atoms with Gasteiger partial charge in [0.2, 0.25) is 5.79 Å². The second-order valence-electron chi connectivity index (χ2n) is 3.20. The molecule has 0 fully saturated rings. The van der Waals surface area contributed by atoms with Crippen molar-refractivity contribution in [3.63, 3.8) is 0 Å². The van der Waals surface area contributed by atoms with Gasteiger partial charge in [0.15, 0.2) is 0 Å². The van der Waals surface area contributed by atoms with Gasteiger partial charge < -0.3 is 35.7 Å². The predicted octanol–water partition coefficient (Wildman–Crippen LogP) is -3.88. The fraction of sp³-hybridized carbons (Fsp3) is 1.00. The van der Waals surface area contributed by atoms with Gasteiger partial charge in [-0.1, -0.05) is 0 Å². The van der Waals surface area contributed by atoms with Gasteiger partial charge in [-0.2, -0.15) is 0 Å². The topological polar surface area (TPSA) is 142 Å². The summed E-state index contributed by atoms with van der Waals surface area (Å²) in [6.07, 6.45) is -7.25. The van der Waals surface area contributed by atoms with Crippen molar-refractivity contribution >= 4 is 0 Å². The molecule has 0 saturated carbocycles. The van der Waals surface area contributed by atoms with Crippen LogP contribution in [0.25, 0.3) is 0 Å². The Morgan fingerprint density at radius 1 is 1.00 bits per heavy atom. The summed E-state index contributed by atoms with van der Waals surface area (Å²) < 4.78 is 0. The van der Waals surface area contributed by atoms with Crippen LogP contribution in [0.4, 0.5) is 0 Å². The van der Waals surface area contributed by atoms with E-state index in [-0.39, 0.29) is 0 Å². The third-order valence-corrected chi connectivity index (χ3v) is 1.87. The third kappa shape index (κ3) is 3.14. The highest BCUT2D eigenvalue weighted by molar-refractivity contribution is 4.86. The lowest BCUT2D eigenvalue weighted by Crippen LogP contribution is -2.56. The van der Waals surface area contributed by atoms with Gasteiger partial charge in [0.05, 0.1) is 12.7 Å². The van der Waals surface area contributed by atoms with Crippen molar-refractivity contribution in [1.29, 1.82) is 0 Å². The minimum atomic E-state index is -2.92. The first kappa shape index (κ1) is 13.7. The predicted molar refractivity (Wildman–Crippen MR) is 44.0 cm³/mol. The van der Waals surface area contributed by atoms with Gasteiger partial charge in [0.25, 0.3) is 0 Å². The van der Waals surface area contributed by atoms with Crippen LogP contribution in [0.5, 0.6) is 0 Å². The molecule has 4 atom stereocenters. The smallest absolute Gasteiger partial charge is 0.216 e. The van der Waals surface area contributed by atoms with Gasteiger partial charge in [-0.15, -0.1) is 0 Å². The fourth-order valence-electron chi connectivity index (χ4n) is 0.839. The molecular formula is C7H16O7. The molecule has 0 aliphatic rings. The lowest BCUT2D eigenvalue weighted by molar-refractivity contribution is -0.274. The normalized spacial score (nSPS) is 21.4. The summed E-state index contributed by atoms with van der Waals surface area (Å²) in [5, 5.41) is 62.3. The van der Waals surface area contributed by atoms with Crippen LogP contribution >= 0.6 is 0 Å². The molecule has 0 bridgehead atoms. The highest BCUT2D eigenvalue weighted by atomic mass is 16.5. The summed E-state index contributed by atoms with van der Waals surface area (Å²) >= 11 is 0. The van der Waals surface area contributed by atoms with Crippen LogP contribution in [0.1, 0.15) is 6.92 Å². The van der Waals surface area contributed by atoms with Crippen LogP contribution < -0.4 is 0 Å². The highest BCUT2D eigenvalue weighted by Gasteiger charge is 2.41. The van der Waals surface area contributed by atoms with Crippen molar-refractivity contribution in [3.8, 4) is 0 Å². The number of aliphatic hydroxyl groups excluding tert-OH is 5. The van der Waals surface area contributed by atoms with E-state index in [0.29, 0.717) is 0 Å². The Morgan fingerprint density at radius 3 is 1.71 bits per heavy atom. The number of hydrogen-bond acceptors (Lipinski definition) is 7. The van der Waals surface area contributed by atoms with Crippen LogP contribution in [0.15, 0.2) is 0 Å². The first-order valence-corrected chi connectivity index (χ1v) is 4.02. The highest BCUT2D eigenvalue weighted by Crippen LogP contribution is 2.14. The molecule has 0 aliphatic carbocycles. The molecule has 0 heterocycles. The largest absolute Gasteiger partial charge is 0.391 e. The first-order valence-electron chi connectivity index (χ1n) is 4.02. The molecule has 7 heteroatoms. The van der Waals surface area contributed by atoms with Gasteiger partial charge in [-0.05, 0) is 6.92 Å². The van der Waals surface area contributed by atoms with E-state index >= 15 is 0 Å². The van der Waals surface area contributed by atoms with Gasteiger partial charge in [-0.3, -0.25) is 0 Å². The van der Waals surface area contributed by atoms with Crippen LogP contribution in [0.2, 0.25) is 0 Å². The van der Waals surface area contributed by atoms with E-state index in [0.717, 1.165) is 6.92 Å². The Bertz CT molecular complexity index is 169. The Morgan fingerprint density at radius 2 is 1.43 bits per heavy atom. The van der Waals surface area contributed by atoms with Gasteiger partial charge in [0, 0.05) is 0 Å². The van der Waals surface area contributed by atoms with Crippen molar-refractivity contribution in [2.24, 2.45) is 0 Å². The molecule has 86 valence electrons. The minimum absolute atomic E-state index is 1.15. The summed E-state index contributed by atoms with van der Waals surface area (Å²) in [7, 11) is 0. The molecule has 7 nitrogen and oxygen atoms in total. The summed E-state index contributed by atoms with van der Waals surface area (Å²) in [6.45, 7) is -0.0618. The second-order valence-corrected chi connectivity index (χ2v) is 3.20. The monoisotopic (exact) mass is 212 g/mol. The zero-order valence-electron chi connectivity index (χ0n) is 7.65. The summed E-state index contributed by atoms with van der Waals surface area (Å²) in [6, 6.07) is 0. The summed E-state index contributed by atoms with van der Waals surface area (Å²) in [5.41, 5.74) is 0. The van der Waals surface area contributed by atoms with Crippen LogP contribution in [0, 0.1) is 0 Å². The average Bonchev–Trinajstić information content (AvgIpc) is 2.14. The van der Waals surface area contributed by atoms with Crippen LogP contribution in [-0.4, -0.2) is 72.6 Å². The minimum Gasteiger partial charge on any atom is -0.391 e. The lowest BCUT2D eigenvalue weighted by atomic mass is 9.98. The SMILES string of the molecule is CC(O)C(O)C(O)C(O)C(O)(O)CO. The van der Waals surface area contributed by atoms with Gasteiger partial charge >= 0.3 is 0 Å². The quantitative estimate of drug-likeness (QED) is 0.231. The van der Waals surface area contributed by atoms with Crippen molar-refractivity contribution < 1.29 is 35.7 Å². The Balaban J connectivity index is 4.45. The molecule has 0 radical (unpaired) electrons. The van der Waals surface area contributed by atoms with Crippen molar-refractivity contribution in [2.45, 2.75) is 37.1 Å². The molecule has 0 aromatic heterocycles. The van der Waals surface area contributed by atoms with Crippen LogP contribution in [0.3, 0.4) is 0 Å². The zero-order valence-corrected chi connectivity index (χ0v) is 7.65. The average molecular weight is 212 g/mol. The standard InChI is InChI=1S/C7H16O7/c1-3(9)4(10)5(11)6(12)7(13,14)2-8/h3-6,8-14H,2H2,1H3. The Kier molecular flexibility index (Phi) is 4.89. The van der Waals surface area contributed by atoms with E-state index in [1.807, 2.05) is 0 Å². The van der Waals surface area contributed by atoms with Gasteiger partial charge in [0.1, 0.15) is 18.3 Å². The van der Waals surface area contributed by atoms with E-state index in [2.05, 4.69) is 0 Å². The van der Waals surface area contributed by atoms with E-state index in [4.69, 9.17) is 35.7 Å². The zero-order chi connectivity index (χ0) is 11.5. The van der Waals surface area contributed by atoms with Crippen molar-refractivity contribution in [3.05, 3.63) is 0 Å². The van der Waals surface area contributed by atoms with E-state index < -0.39 is 36.8 Å². The van der Waals surface area contributed by atoms with E-state index in [1.54, 1.807) is 0 Å². The molecule has 0 spiro atoms. The molecule has 14 heavy (non-hydrogen) atoms. The molecule has 0 aromatic rings. The molecule has 0 amide bonds. The molecular weight excluding hydrogens is 196 g/mol. The second kappa shape index (κ2) is 4.99. The molecule has 0 saturated heterocycles. The van der Waals surface area contributed by atoms with Crippen LogP contribution in [-0.2, 0) is 0 Å². The molecule has 0 rings (SSSR count). The number of hydrogen-bond donors (Lipinski definition) is 7. The summed E-state index contributed by atoms with van der Waals surface area (Å²) in [4.78, 5) is 0. The van der Waals surface area contributed by atoms with E-state index in [1.165, 1.54) is 0 Å². The van der Waals surface area contributed by atoms with Crippen molar-refractivity contribution in [2.75, 3.05) is 6.61 Å². The molecule has 0 aliphatic heterocycles. The first-order chi connectivity index (χ1) is 6.24. The number of rotatable bonds is 5. The van der Waals surface area contributed by atoms with E-state index in [9.17, 15) is 0 Å². The fourth-order valence-corrected chi connectivity index (χ4v) is 0.839. The maximum Gasteiger partial charge on any atom is 0.216 e. The Labute approximate surface area is 80.5 Å². The van der Waals surface area contributed by atoms with Crippen molar-refractivity contribution in [1.82, 2.24) is 0 Å². The lowest BCUT2D eigenvalue weighted by Gasteiger charge is -2.32. The molecule has 4 unspecified atom stereocenters. The Hall–Kier alpha value is -0.280. The number of aliphatic hydroxyl groups is 7. The summed E-state index contributed by atoms with van der Waals surface area (Å²) in [5.74, 6) is -2.92. The molecule has 7 N–H and O–H groups in total. The maximum atomic E-state index is 9.13. The van der Waals surface area contributed by atoms with Gasteiger partial charge in [-0.25, -0.2) is 0 Å².